The summed E-state index contributed by atoms with van der Waals surface area (Å²) in [6, 6.07) is 0.401. The quantitative estimate of drug-likeness (QED) is 0.472. The third-order valence-corrected chi connectivity index (χ3v) is 4.41. The van der Waals surface area contributed by atoms with Crippen LogP contribution in [0.15, 0.2) is 11.5 Å². The lowest BCUT2D eigenvalue weighted by molar-refractivity contribution is -0.145. The van der Waals surface area contributed by atoms with Gasteiger partial charge in [0.2, 0.25) is 0 Å². The summed E-state index contributed by atoms with van der Waals surface area (Å²) >= 11 is 1.57. The van der Waals surface area contributed by atoms with Crippen LogP contribution >= 0.6 is 11.8 Å². The second kappa shape index (κ2) is 6.38. The van der Waals surface area contributed by atoms with Crippen LogP contribution < -0.4 is 5.32 Å². The van der Waals surface area contributed by atoms with Gasteiger partial charge >= 0.3 is 5.97 Å². The summed E-state index contributed by atoms with van der Waals surface area (Å²) in [6.07, 6.45) is 5.78. The molecule has 1 aromatic heterocycles. The van der Waals surface area contributed by atoms with E-state index in [1.807, 2.05) is 6.92 Å². The zero-order valence-corrected chi connectivity index (χ0v) is 11.9. The van der Waals surface area contributed by atoms with Gasteiger partial charge in [0, 0.05) is 11.8 Å². The van der Waals surface area contributed by atoms with E-state index in [-0.39, 0.29) is 0 Å². The molecule has 1 heterocycles. The molecule has 1 saturated carbocycles. The van der Waals surface area contributed by atoms with Crippen molar-refractivity contribution in [1.29, 1.82) is 0 Å². The van der Waals surface area contributed by atoms with Gasteiger partial charge in [-0.1, -0.05) is 18.7 Å². The molecule has 1 fully saturated rings. The minimum absolute atomic E-state index is 0.401. The number of aliphatic carboxylic acids is 1. The minimum Gasteiger partial charge on any atom is -0.480 e. The van der Waals surface area contributed by atoms with E-state index in [9.17, 15) is 9.90 Å². The Morgan fingerprint density at radius 3 is 3.00 bits per heavy atom. The van der Waals surface area contributed by atoms with E-state index in [0.29, 0.717) is 18.9 Å². The van der Waals surface area contributed by atoms with Crippen molar-refractivity contribution in [3.05, 3.63) is 6.33 Å². The predicted molar refractivity (Wildman–Crippen MR) is 73.2 cm³/mol. The maximum atomic E-state index is 11.5. The second-order valence-electron chi connectivity index (χ2n) is 4.90. The maximum absolute atomic E-state index is 11.5. The van der Waals surface area contributed by atoms with Crippen LogP contribution in [0, 0.1) is 0 Å². The summed E-state index contributed by atoms with van der Waals surface area (Å²) in [7, 11) is 0. The molecule has 0 amide bonds. The van der Waals surface area contributed by atoms with Gasteiger partial charge in [-0.25, -0.2) is 4.98 Å². The Morgan fingerprint density at radius 2 is 2.47 bits per heavy atom. The molecule has 7 heteroatoms. The summed E-state index contributed by atoms with van der Waals surface area (Å²) in [4.78, 5) is 15.6. The highest BCUT2D eigenvalue weighted by molar-refractivity contribution is 7.99. The Balaban J connectivity index is 1.80. The molecule has 3 N–H and O–H groups in total. The number of hydrogen-bond donors (Lipinski definition) is 3. The molecule has 1 aromatic rings. The average Bonchev–Trinajstić information content (AvgIpc) is 3.05. The van der Waals surface area contributed by atoms with Crippen LogP contribution in [0.2, 0.25) is 0 Å². The fourth-order valence-electron chi connectivity index (χ4n) is 2.10. The number of thioether (sulfide) groups is 1. The first-order valence-corrected chi connectivity index (χ1v) is 7.64. The Kier molecular flexibility index (Phi) is 4.81. The smallest absolute Gasteiger partial charge is 0.323 e. The number of carboxylic acid groups (broad SMARTS) is 1. The number of carbonyl (C=O) groups is 1. The molecule has 19 heavy (non-hydrogen) atoms. The van der Waals surface area contributed by atoms with Gasteiger partial charge in [0.15, 0.2) is 5.16 Å². The van der Waals surface area contributed by atoms with Crippen molar-refractivity contribution in [1.82, 2.24) is 20.5 Å². The van der Waals surface area contributed by atoms with Crippen molar-refractivity contribution >= 4 is 17.7 Å². The van der Waals surface area contributed by atoms with Gasteiger partial charge in [0.25, 0.3) is 0 Å². The maximum Gasteiger partial charge on any atom is 0.323 e. The first-order valence-electron chi connectivity index (χ1n) is 6.65. The third kappa shape index (κ3) is 3.94. The Morgan fingerprint density at radius 1 is 1.68 bits per heavy atom. The van der Waals surface area contributed by atoms with E-state index in [1.54, 1.807) is 11.8 Å². The Hall–Kier alpha value is -1.08. The second-order valence-corrected chi connectivity index (χ2v) is 5.99. The summed E-state index contributed by atoms with van der Waals surface area (Å²) in [5, 5.41) is 20.1. The molecule has 0 radical (unpaired) electrons. The van der Waals surface area contributed by atoms with Gasteiger partial charge in [0.1, 0.15) is 11.9 Å². The number of hydrogen-bond acceptors (Lipinski definition) is 5. The Bertz CT molecular complexity index is 408. The van der Waals surface area contributed by atoms with Crippen LogP contribution in [-0.4, -0.2) is 43.6 Å². The molecule has 0 aromatic carbocycles. The number of carboxylic acids is 1. The highest BCUT2D eigenvalue weighted by Crippen LogP contribution is 2.28. The fraction of sp³-hybridized carbons (Fsp3) is 0.750. The van der Waals surface area contributed by atoms with E-state index in [4.69, 9.17) is 0 Å². The fourth-order valence-corrected chi connectivity index (χ4v) is 2.82. The lowest BCUT2D eigenvalue weighted by Gasteiger charge is -2.29. The number of nitrogens with zero attached hydrogens (tertiary/aromatic N) is 2. The molecular formula is C12H20N4O2S. The van der Waals surface area contributed by atoms with Crippen molar-refractivity contribution < 1.29 is 9.90 Å². The van der Waals surface area contributed by atoms with Crippen molar-refractivity contribution in [2.75, 3.05) is 5.75 Å². The standard InChI is InChI=1S/C12H20N4O2S/c1-2-12(10(17)18,15-9-4-5-9)6-3-7-19-11-13-8-14-16-11/h8-9,15H,2-7H2,1H3,(H,17,18)(H,13,14,16). The van der Waals surface area contributed by atoms with Crippen LogP contribution in [-0.2, 0) is 4.79 Å². The van der Waals surface area contributed by atoms with E-state index in [0.717, 1.165) is 30.2 Å². The number of H-pyrrole nitrogens is 1. The lowest BCUT2D eigenvalue weighted by atomic mass is 9.90. The first kappa shape index (κ1) is 14.3. The molecule has 0 spiro atoms. The largest absolute Gasteiger partial charge is 0.480 e. The molecule has 1 aliphatic rings. The third-order valence-electron chi connectivity index (χ3n) is 3.45. The molecule has 2 rings (SSSR count). The molecule has 0 aliphatic heterocycles. The number of aromatic nitrogens is 3. The number of aromatic amines is 1. The van der Waals surface area contributed by atoms with Gasteiger partial charge in [-0.3, -0.25) is 15.2 Å². The highest BCUT2D eigenvalue weighted by Gasteiger charge is 2.40. The number of nitrogens with one attached hydrogen (secondary N) is 2. The van der Waals surface area contributed by atoms with Crippen LogP contribution in [0.1, 0.15) is 39.0 Å². The van der Waals surface area contributed by atoms with Crippen LogP contribution in [0.4, 0.5) is 0 Å². The summed E-state index contributed by atoms with van der Waals surface area (Å²) < 4.78 is 0. The van der Waals surface area contributed by atoms with Crippen LogP contribution in [0.3, 0.4) is 0 Å². The molecule has 0 bridgehead atoms. The van der Waals surface area contributed by atoms with E-state index in [2.05, 4.69) is 20.5 Å². The van der Waals surface area contributed by atoms with Gasteiger partial charge in [-0.2, -0.15) is 5.10 Å². The molecule has 1 aliphatic carbocycles. The van der Waals surface area contributed by atoms with E-state index >= 15 is 0 Å². The normalized spacial score (nSPS) is 18.2. The molecule has 1 unspecified atom stereocenters. The van der Waals surface area contributed by atoms with E-state index < -0.39 is 11.5 Å². The molecular weight excluding hydrogens is 264 g/mol. The van der Waals surface area contributed by atoms with Crippen molar-refractivity contribution in [3.63, 3.8) is 0 Å². The number of rotatable bonds is 9. The van der Waals surface area contributed by atoms with Gasteiger partial charge in [-0.15, -0.1) is 0 Å². The van der Waals surface area contributed by atoms with Crippen LogP contribution in [0.25, 0.3) is 0 Å². The first-order chi connectivity index (χ1) is 9.16. The average molecular weight is 284 g/mol. The van der Waals surface area contributed by atoms with Gasteiger partial charge in [-0.05, 0) is 32.1 Å². The van der Waals surface area contributed by atoms with Crippen molar-refractivity contribution in [3.8, 4) is 0 Å². The van der Waals surface area contributed by atoms with Gasteiger partial charge in [0.05, 0.1) is 0 Å². The molecule has 6 nitrogen and oxygen atoms in total. The van der Waals surface area contributed by atoms with Crippen molar-refractivity contribution in [2.24, 2.45) is 0 Å². The van der Waals surface area contributed by atoms with Crippen molar-refractivity contribution in [2.45, 2.75) is 55.8 Å². The van der Waals surface area contributed by atoms with Crippen LogP contribution in [0.5, 0.6) is 0 Å². The minimum atomic E-state index is -0.761. The van der Waals surface area contributed by atoms with Gasteiger partial charge < -0.3 is 5.11 Å². The lowest BCUT2D eigenvalue weighted by Crippen LogP contribution is -2.52. The summed E-state index contributed by atoms with van der Waals surface area (Å²) in [5.41, 5.74) is -0.761. The summed E-state index contributed by atoms with van der Waals surface area (Å²) in [5.74, 6) is 0.114. The monoisotopic (exact) mass is 284 g/mol. The zero-order chi connectivity index (χ0) is 13.7. The van der Waals surface area contributed by atoms with E-state index in [1.165, 1.54) is 6.33 Å². The highest BCUT2D eigenvalue weighted by atomic mass is 32.2. The molecule has 106 valence electrons. The Labute approximate surface area is 116 Å². The predicted octanol–water partition coefficient (Wildman–Crippen LogP) is 1.66. The molecule has 1 atom stereocenters. The zero-order valence-electron chi connectivity index (χ0n) is 11.1. The SMILES string of the molecule is CCC(CCCSc1ncn[nH]1)(NC1CC1)C(=O)O. The topological polar surface area (TPSA) is 90.9 Å². The summed E-state index contributed by atoms with van der Waals surface area (Å²) in [6.45, 7) is 1.94. The molecule has 0 saturated heterocycles.